The van der Waals surface area contributed by atoms with E-state index >= 15 is 0 Å². The van der Waals surface area contributed by atoms with Gasteiger partial charge >= 0.3 is 0 Å². The highest BCUT2D eigenvalue weighted by Crippen LogP contribution is 2.11. The number of carbonyl (C=O) groups excluding carboxylic acids is 1. The zero-order chi connectivity index (χ0) is 18.0. The van der Waals surface area contributed by atoms with Crippen molar-refractivity contribution in [1.82, 2.24) is 9.47 Å². The first-order valence-electron chi connectivity index (χ1n) is 7.88. The van der Waals surface area contributed by atoms with Crippen LogP contribution in [0.15, 0.2) is 29.1 Å². The number of hydrogen-bond acceptors (Lipinski definition) is 4. The number of nitrogens with zero attached hydrogens (tertiary/aromatic N) is 3. The van der Waals surface area contributed by atoms with Gasteiger partial charge in [0.2, 0.25) is 0 Å². The van der Waals surface area contributed by atoms with E-state index in [1.165, 1.54) is 23.8 Å². The molecule has 128 valence electrons. The lowest BCUT2D eigenvalue weighted by Gasteiger charge is -2.13. The number of aromatic nitrogens is 1. The predicted molar refractivity (Wildman–Crippen MR) is 93.6 cm³/mol. The van der Waals surface area contributed by atoms with E-state index in [1.54, 1.807) is 23.1 Å². The maximum absolute atomic E-state index is 13.8. The first kappa shape index (κ1) is 17.1. The molecule has 0 spiro atoms. The normalized spacial score (nSPS) is 16.0. The van der Waals surface area contributed by atoms with E-state index in [4.69, 9.17) is 0 Å². The van der Waals surface area contributed by atoms with Crippen LogP contribution in [0, 0.1) is 17.1 Å². The topological polar surface area (TPSA) is 66.1 Å². The smallest absolute Gasteiger partial charge is 0.268 e. The van der Waals surface area contributed by atoms with Crippen LogP contribution in [0.3, 0.4) is 0 Å². The van der Waals surface area contributed by atoms with Crippen molar-refractivity contribution in [2.45, 2.75) is 12.8 Å². The van der Waals surface area contributed by atoms with Crippen molar-refractivity contribution in [2.24, 2.45) is 7.05 Å². The molecule has 0 atom stereocenters. The zero-order valence-corrected chi connectivity index (χ0v) is 14.5. The summed E-state index contributed by atoms with van der Waals surface area (Å²) in [4.78, 5) is 26.6. The number of nitriles is 1. The molecule has 0 aliphatic carbocycles. The van der Waals surface area contributed by atoms with E-state index in [1.807, 2.05) is 6.07 Å². The van der Waals surface area contributed by atoms with Gasteiger partial charge in [0.1, 0.15) is 16.5 Å². The Labute approximate surface area is 147 Å². The van der Waals surface area contributed by atoms with Crippen LogP contribution < -0.4 is 14.8 Å². The molecule has 1 saturated heterocycles. The molecule has 2 heterocycles. The molecule has 1 fully saturated rings. The Bertz CT molecular complexity index is 1040. The van der Waals surface area contributed by atoms with Gasteiger partial charge in [-0.25, -0.2) is 4.39 Å². The zero-order valence-electron chi connectivity index (χ0n) is 13.7. The Balaban J connectivity index is 2.18. The van der Waals surface area contributed by atoms with Gasteiger partial charge in [-0.15, -0.1) is 11.3 Å². The van der Waals surface area contributed by atoms with Crippen molar-refractivity contribution in [3.05, 3.63) is 55.2 Å². The SMILES string of the molecule is Cn1c(=C(C#N)C(=O)N2CCCC2)sc(=Cc2ccccc2F)c1=O. The monoisotopic (exact) mass is 357 g/mol. The van der Waals surface area contributed by atoms with Crippen molar-refractivity contribution in [2.75, 3.05) is 13.1 Å². The van der Waals surface area contributed by atoms with E-state index < -0.39 is 5.82 Å². The minimum absolute atomic E-state index is 0.0420. The third kappa shape index (κ3) is 3.26. The van der Waals surface area contributed by atoms with Gasteiger partial charge in [-0.3, -0.25) is 9.59 Å². The lowest BCUT2D eigenvalue weighted by Crippen LogP contribution is -2.34. The van der Waals surface area contributed by atoms with Crippen LogP contribution in [0.5, 0.6) is 0 Å². The largest absolute Gasteiger partial charge is 0.338 e. The van der Waals surface area contributed by atoms with Crippen LogP contribution in [0.25, 0.3) is 11.6 Å². The summed E-state index contributed by atoms with van der Waals surface area (Å²) < 4.78 is 15.7. The molecule has 7 heteroatoms. The Hall–Kier alpha value is -2.72. The summed E-state index contributed by atoms with van der Waals surface area (Å²) in [7, 11) is 1.52. The van der Waals surface area contributed by atoms with Crippen molar-refractivity contribution in [3.8, 4) is 6.07 Å². The Morgan fingerprint density at radius 1 is 1.32 bits per heavy atom. The maximum atomic E-state index is 13.8. The number of carbonyl (C=O) groups is 1. The number of thiazole rings is 1. The van der Waals surface area contributed by atoms with Gasteiger partial charge < -0.3 is 9.47 Å². The van der Waals surface area contributed by atoms with Gasteiger partial charge in [-0.05, 0) is 25.0 Å². The van der Waals surface area contributed by atoms with Crippen molar-refractivity contribution < 1.29 is 9.18 Å². The summed E-state index contributed by atoms with van der Waals surface area (Å²) >= 11 is 1.03. The molecule has 3 rings (SSSR count). The Morgan fingerprint density at radius 2 is 2.00 bits per heavy atom. The highest BCUT2D eigenvalue weighted by atomic mass is 32.1. The minimum atomic E-state index is -0.433. The third-order valence-electron chi connectivity index (χ3n) is 4.15. The maximum Gasteiger partial charge on any atom is 0.268 e. The summed E-state index contributed by atoms with van der Waals surface area (Å²) in [5.74, 6) is -0.786. The van der Waals surface area contributed by atoms with E-state index in [0.29, 0.717) is 17.8 Å². The molecule has 5 nitrogen and oxygen atoms in total. The molecule has 0 N–H and O–H groups in total. The van der Waals surface area contributed by atoms with Crippen LogP contribution in [-0.2, 0) is 11.8 Å². The van der Waals surface area contributed by atoms with Crippen LogP contribution in [0.4, 0.5) is 4.39 Å². The molecule has 1 aromatic carbocycles. The first-order chi connectivity index (χ1) is 12.0. The second-order valence-corrected chi connectivity index (χ2v) is 6.82. The highest BCUT2D eigenvalue weighted by Gasteiger charge is 2.23. The van der Waals surface area contributed by atoms with Gasteiger partial charge in [0, 0.05) is 25.7 Å². The van der Waals surface area contributed by atoms with Gasteiger partial charge in [0.25, 0.3) is 11.5 Å². The highest BCUT2D eigenvalue weighted by molar-refractivity contribution is 7.07. The molecule has 25 heavy (non-hydrogen) atoms. The average Bonchev–Trinajstić information content (AvgIpc) is 3.23. The molecule has 0 unspecified atom stereocenters. The third-order valence-corrected chi connectivity index (χ3v) is 5.34. The number of halogens is 1. The van der Waals surface area contributed by atoms with E-state index in [9.17, 15) is 19.2 Å². The molecule has 1 aromatic heterocycles. The quantitative estimate of drug-likeness (QED) is 0.795. The van der Waals surface area contributed by atoms with Crippen LogP contribution in [-0.4, -0.2) is 28.5 Å². The van der Waals surface area contributed by atoms with E-state index in [0.717, 1.165) is 24.2 Å². The molecule has 1 aliphatic heterocycles. The fourth-order valence-electron chi connectivity index (χ4n) is 2.78. The molecular weight excluding hydrogens is 341 g/mol. The predicted octanol–water partition coefficient (Wildman–Crippen LogP) is 0.711. The van der Waals surface area contributed by atoms with Crippen molar-refractivity contribution in [3.63, 3.8) is 0 Å². The summed E-state index contributed by atoms with van der Waals surface area (Å²) in [6.07, 6.45) is 3.28. The van der Waals surface area contributed by atoms with Gasteiger partial charge in [-0.1, -0.05) is 18.2 Å². The van der Waals surface area contributed by atoms with Gasteiger partial charge in [0.15, 0.2) is 5.57 Å². The first-order valence-corrected chi connectivity index (χ1v) is 8.70. The average molecular weight is 357 g/mol. The van der Waals surface area contributed by atoms with Crippen molar-refractivity contribution in [1.29, 1.82) is 5.26 Å². The number of rotatable bonds is 2. The molecule has 0 radical (unpaired) electrons. The standard InChI is InChI=1S/C18H16FN3O2S/c1-21-17(24)15(10-12-6-2-3-7-14(12)19)25-18(21)13(11-20)16(23)22-8-4-5-9-22/h2-3,6-7,10H,4-5,8-9H2,1H3. The molecular formula is C18H16FN3O2S. The molecule has 0 saturated carbocycles. The van der Waals surface area contributed by atoms with Gasteiger partial charge in [0.05, 0.1) is 4.53 Å². The summed E-state index contributed by atoms with van der Waals surface area (Å²) in [5, 5.41) is 9.46. The Kier molecular flexibility index (Phi) is 4.81. The fraction of sp³-hybridized carbons (Fsp3) is 0.278. The van der Waals surface area contributed by atoms with Crippen LogP contribution in [0.1, 0.15) is 18.4 Å². The molecule has 2 aromatic rings. The van der Waals surface area contributed by atoms with E-state index in [2.05, 4.69) is 0 Å². The number of hydrogen-bond donors (Lipinski definition) is 0. The van der Waals surface area contributed by atoms with Crippen molar-refractivity contribution >= 4 is 28.9 Å². The molecule has 1 amide bonds. The second-order valence-electron chi connectivity index (χ2n) is 5.79. The number of benzene rings is 1. The second kappa shape index (κ2) is 7.03. The van der Waals surface area contributed by atoms with Gasteiger partial charge in [-0.2, -0.15) is 5.26 Å². The fourth-order valence-corrected chi connectivity index (χ4v) is 3.86. The summed E-state index contributed by atoms with van der Waals surface area (Å²) in [6.45, 7) is 1.25. The van der Waals surface area contributed by atoms with Crippen LogP contribution >= 0.6 is 11.3 Å². The lowest BCUT2D eigenvalue weighted by molar-refractivity contribution is -0.123. The lowest BCUT2D eigenvalue weighted by atomic mass is 10.2. The number of amides is 1. The molecule has 0 bridgehead atoms. The summed E-state index contributed by atoms with van der Waals surface area (Å²) in [5.41, 5.74) is -0.109. The van der Waals surface area contributed by atoms with E-state index in [-0.39, 0.29) is 27.1 Å². The molecule has 1 aliphatic rings. The summed E-state index contributed by atoms with van der Waals surface area (Å²) in [6, 6.07) is 8.07. The minimum Gasteiger partial charge on any atom is -0.338 e. The number of likely N-dealkylation sites (tertiary alicyclic amines) is 1. The Morgan fingerprint density at radius 3 is 2.64 bits per heavy atom. The van der Waals surface area contributed by atoms with Crippen LogP contribution in [0.2, 0.25) is 0 Å².